The summed E-state index contributed by atoms with van der Waals surface area (Å²) in [6.07, 6.45) is 3.42. The highest BCUT2D eigenvalue weighted by atomic mass is 16.6. The second-order valence-corrected chi connectivity index (χ2v) is 5.41. The molecular weight excluding hydrogens is 252 g/mol. The molecule has 0 fully saturated rings. The van der Waals surface area contributed by atoms with Gasteiger partial charge in [-0.05, 0) is 36.5 Å². The van der Waals surface area contributed by atoms with Crippen molar-refractivity contribution in [3.05, 3.63) is 35.4 Å². The highest BCUT2D eigenvalue weighted by Crippen LogP contribution is 2.09. The van der Waals surface area contributed by atoms with Gasteiger partial charge in [0.15, 0.2) is 0 Å². The average Bonchev–Trinajstić information content (AvgIpc) is 2.44. The second kappa shape index (κ2) is 9.54. The van der Waals surface area contributed by atoms with Gasteiger partial charge in [0.1, 0.15) is 6.61 Å². The number of hydrogen-bond donors (Lipinski definition) is 0. The summed E-state index contributed by atoms with van der Waals surface area (Å²) in [7, 11) is 0. The van der Waals surface area contributed by atoms with Crippen LogP contribution in [0.2, 0.25) is 0 Å². The van der Waals surface area contributed by atoms with E-state index in [4.69, 9.17) is 9.47 Å². The smallest absolute Gasteiger partial charge is 0.338 e. The van der Waals surface area contributed by atoms with Gasteiger partial charge in [0, 0.05) is 6.61 Å². The monoisotopic (exact) mass is 278 g/mol. The lowest BCUT2D eigenvalue weighted by Gasteiger charge is -2.08. The first-order chi connectivity index (χ1) is 9.63. The maximum absolute atomic E-state index is 11.8. The van der Waals surface area contributed by atoms with Crippen molar-refractivity contribution in [3.63, 3.8) is 0 Å². The van der Waals surface area contributed by atoms with Gasteiger partial charge in [0.2, 0.25) is 0 Å². The van der Waals surface area contributed by atoms with Gasteiger partial charge in [0.05, 0.1) is 12.2 Å². The first-order valence-corrected chi connectivity index (χ1v) is 7.47. The van der Waals surface area contributed by atoms with Crippen LogP contribution < -0.4 is 0 Å². The number of rotatable bonds is 9. The maximum Gasteiger partial charge on any atom is 0.338 e. The largest absolute Gasteiger partial charge is 0.460 e. The average molecular weight is 278 g/mol. The van der Waals surface area contributed by atoms with Crippen molar-refractivity contribution >= 4 is 5.97 Å². The Kier molecular flexibility index (Phi) is 7.97. The van der Waals surface area contributed by atoms with Crippen LogP contribution in [0, 0.1) is 5.92 Å². The number of ether oxygens (including phenoxy) is 2. The predicted octanol–water partition coefficient (Wildman–Crippen LogP) is 3.86. The molecule has 0 aliphatic heterocycles. The van der Waals surface area contributed by atoms with Crippen molar-refractivity contribution in [2.75, 3.05) is 19.8 Å². The van der Waals surface area contributed by atoms with Crippen LogP contribution in [0.1, 0.15) is 49.5 Å². The molecule has 3 nitrogen and oxygen atoms in total. The number of carbonyl (C=O) groups excluding carboxylic acids is 1. The summed E-state index contributed by atoms with van der Waals surface area (Å²) in [5.41, 5.74) is 1.87. The number of aryl methyl sites for hydroxylation is 1. The van der Waals surface area contributed by atoms with Crippen LogP contribution in [-0.2, 0) is 15.9 Å². The Labute approximate surface area is 122 Å². The Morgan fingerprint density at radius 3 is 2.45 bits per heavy atom. The van der Waals surface area contributed by atoms with Crippen molar-refractivity contribution in [2.24, 2.45) is 5.92 Å². The lowest BCUT2D eigenvalue weighted by atomic mass is 10.1. The molecule has 0 saturated carbocycles. The van der Waals surface area contributed by atoms with Gasteiger partial charge in [-0.1, -0.05) is 39.3 Å². The van der Waals surface area contributed by atoms with Gasteiger partial charge < -0.3 is 9.47 Å². The molecule has 0 amide bonds. The van der Waals surface area contributed by atoms with Crippen LogP contribution in [0.4, 0.5) is 0 Å². The standard InChI is InChI=1S/C17H26O3/c1-4-5-6-15-7-9-16(10-8-15)17(18)20-12-11-19-13-14(2)3/h7-10,14H,4-6,11-13H2,1-3H3. The Bertz CT molecular complexity index is 382. The van der Waals surface area contributed by atoms with E-state index in [2.05, 4.69) is 20.8 Å². The molecule has 1 rings (SSSR count). The number of hydrogen-bond acceptors (Lipinski definition) is 3. The minimum Gasteiger partial charge on any atom is -0.460 e. The molecular formula is C17H26O3. The summed E-state index contributed by atoms with van der Waals surface area (Å²) in [5, 5.41) is 0. The third-order valence-electron chi connectivity index (χ3n) is 2.92. The fourth-order valence-electron chi connectivity index (χ4n) is 1.78. The van der Waals surface area contributed by atoms with E-state index < -0.39 is 0 Å². The fourth-order valence-corrected chi connectivity index (χ4v) is 1.78. The molecule has 0 radical (unpaired) electrons. The van der Waals surface area contributed by atoms with Gasteiger partial charge in [-0.15, -0.1) is 0 Å². The Hall–Kier alpha value is -1.35. The zero-order valence-corrected chi connectivity index (χ0v) is 12.9. The van der Waals surface area contributed by atoms with Gasteiger partial charge >= 0.3 is 5.97 Å². The van der Waals surface area contributed by atoms with E-state index in [9.17, 15) is 4.79 Å². The quantitative estimate of drug-likeness (QED) is 0.508. The van der Waals surface area contributed by atoms with Gasteiger partial charge in [-0.25, -0.2) is 4.79 Å². The van der Waals surface area contributed by atoms with Crippen molar-refractivity contribution in [2.45, 2.75) is 40.0 Å². The molecule has 0 saturated heterocycles. The van der Waals surface area contributed by atoms with Gasteiger partial charge in [-0.2, -0.15) is 0 Å². The second-order valence-electron chi connectivity index (χ2n) is 5.41. The first-order valence-electron chi connectivity index (χ1n) is 7.47. The maximum atomic E-state index is 11.8. The zero-order chi connectivity index (χ0) is 14.8. The number of carbonyl (C=O) groups is 1. The zero-order valence-electron chi connectivity index (χ0n) is 12.9. The summed E-state index contributed by atoms with van der Waals surface area (Å²) in [4.78, 5) is 11.8. The Balaban J connectivity index is 2.29. The van der Waals surface area contributed by atoms with Crippen LogP contribution in [0.3, 0.4) is 0 Å². The molecule has 20 heavy (non-hydrogen) atoms. The predicted molar refractivity (Wildman–Crippen MR) is 81.0 cm³/mol. The lowest BCUT2D eigenvalue weighted by Crippen LogP contribution is -2.12. The first kappa shape index (κ1) is 16.7. The van der Waals surface area contributed by atoms with E-state index in [1.807, 2.05) is 24.3 Å². The van der Waals surface area contributed by atoms with E-state index in [0.29, 0.717) is 31.3 Å². The Morgan fingerprint density at radius 2 is 1.85 bits per heavy atom. The van der Waals surface area contributed by atoms with Crippen LogP contribution >= 0.6 is 0 Å². The topological polar surface area (TPSA) is 35.5 Å². The van der Waals surface area contributed by atoms with E-state index in [0.717, 1.165) is 6.42 Å². The summed E-state index contributed by atoms with van der Waals surface area (Å²) < 4.78 is 10.5. The van der Waals surface area contributed by atoms with E-state index in [-0.39, 0.29) is 5.97 Å². The van der Waals surface area contributed by atoms with Gasteiger partial charge in [-0.3, -0.25) is 0 Å². The summed E-state index contributed by atoms with van der Waals surface area (Å²) in [6, 6.07) is 7.67. The normalized spacial score (nSPS) is 10.8. The van der Waals surface area contributed by atoms with E-state index in [1.165, 1.54) is 18.4 Å². The molecule has 0 bridgehead atoms. The van der Waals surface area contributed by atoms with Crippen molar-refractivity contribution in [3.8, 4) is 0 Å². The Morgan fingerprint density at radius 1 is 1.15 bits per heavy atom. The molecule has 0 heterocycles. The third-order valence-corrected chi connectivity index (χ3v) is 2.92. The van der Waals surface area contributed by atoms with E-state index >= 15 is 0 Å². The summed E-state index contributed by atoms with van der Waals surface area (Å²) >= 11 is 0. The third kappa shape index (κ3) is 6.71. The molecule has 112 valence electrons. The molecule has 1 aromatic carbocycles. The SMILES string of the molecule is CCCCc1ccc(C(=O)OCCOCC(C)C)cc1. The highest BCUT2D eigenvalue weighted by molar-refractivity contribution is 5.89. The minimum atomic E-state index is -0.278. The fraction of sp³-hybridized carbons (Fsp3) is 0.588. The minimum absolute atomic E-state index is 0.278. The molecule has 0 aliphatic rings. The van der Waals surface area contributed by atoms with Crippen LogP contribution in [-0.4, -0.2) is 25.8 Å². The van der Waals surface area contributed by atoms with Gasteiger partial charge in [0.25, 0.3) is 0 Å². The molecule has 0 spiro atoms. The van der Waals surface area contributed by atoms with Crippen molar-refractivity contribution < 1.29 is 14.3 Å². The number of benzene rings is 1. The van der Waals surface area contributed by atoms with Crippen molar-refractivity contribution in [1.29, 1.82) is 0 Å². The molecule has 1 aromatic rings. The highest BCUT2D eigenvalue weighted by Gasteiger charge is 2.06. The number of esters is 1. The van der Waals surface area contributed by atoms with Crippen molar-refractivity contribution in [1.82, 2.24) is 0 Å². The molecule has 0 N–H and O–H groups in total. The molecule has 0 aliphatic carbocycles. The van der Waals surface area contributed by atoms with Crippen LogP contribution in [0.5, 0.6) is 0 Å². The summed E-state index contributed by atoms with van der Waals surface area (Å²) in [5.74, 6) is 0.224. The molecule has 0 aromatic heterocycles. The van der Waals surface area contributed by atoms with Crippen LogP contribution in [0.25, 0.3) is 0 Å². The number of unbranched alkanes of at least 4 members (excludes halogenated alkanes) is 1. The lowest BCUT2D eigenvalue weighted by molar-refractivity contribution is 0.0277. The van der Waals surface area contributed by atoms with E-state index in [1.54, 1.807) is 0 Å². The van der Waals surface area contributed by atoms with Crippen LogP contribution in [0.15, 0.2) is 24.3 Å². The molecule has 0 atom stereocenters. The molecule has 3 heteroatoms. The molecule has 0 unspecified atom stereocenters. The summed E-state index contributed by atoms with van der Waals surface area (Å²) in [6.45, 7) is 7.82.